The average Bonchev–Trinajstić information content (AvgIpc) is 2.08. The molecule has 4 N–H and O–H groups in total. The molecule has 1 heterocycles. The third-order valence-electron chi connectivity index (χ3n) is 1.82. The molecule has 5 nitrogen and oxygen atoms in total. The quantitative estimate of drug-likeness (QED) is 0.368. The van der Waals surface area contributed by atoms with Crippen molar-refractivity contribution >= 4 is 0 Å². The van der Waals surface area contributed by atoms with Crippen LogP contribution in [0.2, 0.25) is 0 Å². The summed E-state index contributed by atoms with van der Waals surface area (Å²) in [7, 11) is 0. The maximum Gasteiger partial charge on any atom is 0.189 e. The van der Waals surface area contributed by atoms with Crippen LogP contribution in [-0.4, -0.2) is 57.8 Å². The smallest absolute Gasteiger partial charge is 0.189 e. The lowest BCUT2D eigenvalue weighted by Gasteiger charge is -2.36. The van der Waals surface area contributed by atoms with Crippen LogP contribution in [0.3, 0.4) is 0 Å². The molecule has 2 unspecified atom stereocenters. The van der Waals surface area contributed by atoms with E-state index in [4.69, 9.17) is 20.4 Å². The number of rotatable bonds is 1. The maximum atomic E-state index is 12.7. The number of halogens is 1. The summed E-state index contributed by atoms with van der Waals surface area (Å²) < 4.78 is 17.1. The van der Waals surface area contributed by atoms with E-state index in [-0.39, 0.29) is 0 Å². The Morgan fingerprint density at radius 2 is 1.75 bits per heavy atom. The van der Waals surface area contributed by atoms with Gasteiger partial charge in [-0.2, -0.15) is 0 Å². The van der Waals surface area contributed by atoms with Gasteiger partial charge in [0.25, 0.3) is 0 Å². The normalized spacial score (nSPS) is 49.2. The second kappa shape index (κ2) is 3.63. The molecule has 0 saturated carbocycles. The molecule has 1 rings (SSSR count). The molecular weight excluding hydrogens is 171 g/mol. The molecule has 0 aromatic heterocycles. The Bertz CT molecular complexity index is 150. The molecule has 0 radical (unpaired) electrons. The van der Waals surface area contributed by atoms with Gasteiger partial charge >= 0.3 is 0 Å². The van der Waals surface area contributed by atoms with Crippen molar-refractivity contribution < 1.29 is 29.6 Å². The minimum atomic E-state index is -2.04. The van der Waals surface area contributed by atoms with Crippen LogP contribution in [0, 0.1) is 0 Å². The Labute approximate surface area is 68.0 Å². The molecule has 1 fully saturated rings. The van der Waals surface area contributed by atoms with Crippen LogP contribution >= 0.6 is 0 Å². The van der Waals surface area contributed by atoms with Gasteiger partial charge in [0.1, 0.15) is 18.3 Å². The number of aliphatic hydroxyl groups excluding tert-OH is 4. The first-order valence-electron chi connectivity index (χ1n) is 3.52. The highest BCUT2D eigenvalue weighted by atomic mass is 19.1. The monoisotopic (exact) mass is 182 g/mol. The molecule has 0 aromatic carbocycles. The summed E-state index contributed by atoms with van der Waals surface area (Å²) >= 11 is 0. The highest BCUT2D eigenvalue weighted by molar-refractivity contribution is 4.88. The molecule has 1 aliphatic rings. The van der Waals surface area contributed by atoms with Crippen molar-refractivity contribution in [2.45, 2.75) is 30.8 Å². The van der Waals surface area contributed by atoms with Gasteiger partial charge in [-0.25, -0.2) is 4.39 Å². The van der Waals surface area contributed by atoms with Gasteiger partial charge < -0.3 is 25.2 Å². The first-order valence-corrected chi connectivity index (χ1v) is 3.52. The number of alkyl halides is 1. The fraction of sp³-hybridized carbons (Fsp3) is 1.00. The van der Waals surface area contributed by atoms with Crippen LogP contribution in [0.4, 0.5) is 4.39 Å². The van der Waals surface area contributed by atoms with Gasteiger partial charge in [-0.3, -0.25) is 0 Å². The molecule has 6 heteroatoms. The molecule has 0 bridgehead atoms. The fourth-order valence-corrected chi connectivity index (χ4v) is 1.06. The Morgan fingerprint density at radius 3 is 2.25 bits per heavy atom. The number of hydrogen-bond donors (Lipinski definition) is 4. The zero-order valence-corrected chi connectivity index (χ0v) is 6.17. The van der Waals surface area contributed by atoms with Crippen molar-refractivity contribution in [1.29, 1.82) is 0 Å². The van der Waals surface area contributed by atoms with Crippen LogP contribution < -0.4 is 0 Å². The van der Waals surface area contributed by atoms with Crippen LogP contribution in [-0.2, 0) is 4.74 Å². The Morgan fingerprint density at radius 1 is 1.17 bits per heavy atom. The molecule has 1 aliphatic heterocycles. The molecule has 5 atom stereocenters. The van der Waals surface area contributed by atoms with E-state index >= 15 is 0 Å². The van der Waals surface area contributed by atoms with Crippen molar-refractivity contribution in [2.24, 2.45) is 0 Å². The van der Waals surface area contributed by atoms with Gasteiger partial charge in [-0.1, -0.05) is 0 Å². The van der Waals surface area contributed by atoms with Crippen molar-refractivity contribution in [3.63, 3.8) is 0 Å². The molecule has 0 amide bonds. The summed E-state index contributed by atoms with van der Waals surface area (Å²) in [5, 5.41) is 35.3. The second-order valence-corrected chi connectivity index (χ2v) is 2.67. The number of hydrogen-bond acceptors (Lipinski definition) is 5. The van der Waals surface area contributed by atoms with Gasteiger partial charge in [0.2, 0.25) is 0 Å². The van der Waals surface area contributed by atoms with E-state index in [1.54, 1.807) is 0 Å². The maximum absolute atomic E-state index is 12.7. The standard InChI is InChI=1S/C6H11FO5/c7-3-5(10)4(9)2(1-8)12-6(3)11/h2-6,8-11H,1H2/t2?,3-,4+,5?,6+/m0/s1. The van der Waals surface area contributed by atoms with E-state index in [1.807, 2.05) is 0 Å². The van der Waals surface area contributed by atoms with Crippen LogP contribution in [0.25, 0.3) is 0 Å². The lowest BCUT2D eigenvalue weighted by molar-refractivity contribution is -0.271. The Hall–Kier alpha value is -0.270. The summed E-state index contributed by atoms with van der Waals surface area (Å²) in [5.41, 5.74) is 0. The molecule has 0 aliphatic carbocycles. The first-order chi connectivity index (χ1) is 5.57. The zero-order chi connectivity index (χ0) is 9.30. The topological polar surface area (TPSA) is 90.2 Å². The molecule has 0 spiro atoms. The van der Waals surface area contributed by atoms with E-state index in [2.05, 4.69) is 4.74 Å². The predicted molar refractivity (Wildman–Crippen MR) is 34.9 cm³/mol. The summed E-state index contributed by atoms with van der Waals surface area (Å²) in [6.07, 6.45) is -8.19. The molecule has 1 saturated heterocycles. The van der Waals surface area contributed by atoms with Crippen molar-refractivity contribution in [3.8, 4) is 0 Å². The van der Waals surface area contributed by atoms with E-state index in [1.165, 1.54) is 0 Å². The highest BCUT2D eigenvalue weighted by Gasteiger charge is 2.43. The molecule has 72 valence electrons. The van der Waals surface area contributed by atoms with Crippen LogP contribution in [0.15, 0.2) is 0 Å². The molecular formula is C6H11FO5. The predicted octanol–water partition coefficient (Wildman–Crippen LogP) is -2.24. The van der Waals surface area contributed by atoms with E-state index in [9.17, 15) is 4.39 Å². The second-order valence-electron chi connectivity index (χ2n) is 2.67. The van der Waals surface area contributed by atoms with E-state index in [0.717, 1.165) is 0 Å². The van der Waals surface area contributed by atoms with Crippen molar-refractivity contribution in [1.82, 2.24) is 0 Å². The van der Waals surface area contributed by atoms with E-state index in [0.29, 0.717) is 0 Å². The zero-order valence-electron chi connectivity index (χ0n) is 6.17. The summed E-state index contributed by atoms with van der Waals surface area (Å²) in [6, 6.07) is 0. The highest BCUT2D eigenvalue weighted by Crippen LogP contribution is 2.21. The largest absolute Gasteiger partial charge is 0.394 e. The lowest BCUT2D eigenvalue weighted by atomic mass is 10.0. The minimum Gasteiger partial charge on any atom is -0.394 e. The Balaban J connectivity index is 2.63. The SMILES string of the molecule is OCC1O[C@@H](O)[C@@H](F)C(O)[C@@H]1O. The Kier molecular flexibility index (Phi) is 2.97. The third-order valence-corrected chi connectivity index (χ3v) is 1.82. The van der Waals surface area contributed by atoms with Gasteiger partial charge in [0, 0.05) is 0 Å². The number of aliphatic hydroxyl groups is 4. The number of ether oxygens (including phenoxy) is 1. The first kappa shape index (κ1) is 9.82. The van der Waals surface area contributed by atoms with Crippen molar-refractivity contribution in [3.05, 3.63) is 0 Å². The van der Waals surface area contributed by atoms with Gasteiger partial charge in [0.15, 0.2) is 12.5 Å². The minimum absolute atomic E-state index is 0.581. The van der Waals surface area contributed by atoms with Gasteiger partial charge in [0.05, 0.1) is 6.61 Å². The fourth-order valence-electron chi connectivity index (χ4n) is 1.06. The third kappa shape index (κ3) is 1.57. The van der Waals surface area contributed by atoms with Crippen molar-refractivity contribution in [2.75, 3.05) is 6.61 Å². The van der Waals surface area contributed by atoms with E-state index < -0.39 is 37.4 Å². The van der Waals surface area contributed by atoms with Gasteiger partial charge in [-0.05, 0) is 0 Å². The molecule has 12 heavy (non-hydrogen) atoms. The summed E-state index contributed by atoms with van der Waals surface area (Å²) in [5.74, 6) is 0. The lowest BCUT2D eigenvalue weighted by Crippen LogP contribution is -2.56. The molecule has 0 aromatic rings. The van der Waals surface area contributed by atoms with Gasteiger partial charge in [-0.15, -0.1) is 0 Å². The summed E-state index contributed by atoms with van der Waals surface area (Å²) in [4.78, 5) is 0. The average molecular weight is 182 g/mol. The van der Waals surface area contributed by atoms with Crippen LogP contribution in [0.5, 0.6) is 0 Å². The summed E-state index contributed by atoms with van der Waals surface area (Å²) in [6.45, 7) is -0.581. The van der Waals surface area contributed by atoms with Crippen LogP contribution in [0.1, 0.15) is 0 Å².